The number of nitrogens with zero attached hydrogens (tertiary/aromatic N) is 2. The van der Waals surface area contributed by atoms with E-state index < -0.39 is 21.9 Å². The van der Waals surface area contributed by atoms with Crippen LogP contribution in [0.5, 0.6) is 0 Å². The van der Waals surface area contributed by atoms with E-state index in [0.29, 0.717) is 5.69 Å². The van der Waals surface area contributed by atoms with Gasteiger partial charge in [-0.25, -0.2) is 4.39 Å². The Kier molecular flexibility index (Phi) is 3.22. The number of amides is 1. The normalized spacial score (nSPS) is 18.9. The second kappa shape index (κ2) is 4.54. The van der Waals surface area contributed by atoms with Crippen molar-refractivity contribution in [1.82, 2.24) is 9.84 Å². The molecule has 6 nitrogen and oxygen atoms in total. The quantitative estimate of drug-likeness (QED) is 0.839. The monoisotopic (exact) mass is 273 g/mol. The van der Waals surface area contributed by atoms with Gasteiger partial charge >= 0.3 is 10.2 Å². The minimum Gasteiger partial charge on any atom is -0.274 e. The number of anilines is 1. The molecule has 1 heterocycles. The summed E-state index contributed by atoms with van der Waals surface area (Å²) in [5, 5.41) is 0. The molecule has 0 aliphatic carbocycles. The van der Waals surface area contributed by atoms with Gasteiger partial charge in [0.05, 0.1) is 18.8 Å². The van der Waals surface area contributed by atoms with Crippen LogP contribution in [-0.4, -0.2) is 31.8 Å². The second-order valence-corrected chi connectivity index (χ2v) is 5.57. The topological polar surface area (TPSA) is 69.7 Å². The van der Waals surface area contributed by atoms with E-state index in [4.69, 9.17) is 0 Å². The van der Waals surface area contributed by atoms with Crippen molar-refractivity contribution in [3.63, 3.8) is 0 Å². The highest BCUT2D eigenvalue weighted by Gasteiger charge is 2.37. The molecule has 1 aliphatic heterocycles. The third-order valence-corrected chi connectivity index (χ3v) is 4.24. The van der Waals surface area contributed by atoms with Crippen molar-refractivity contribution in [1.29, 1.82) is 0 Å². The van der Waals surface area contributed by atoms with E-state index in [1.165, 1.54) is 31.2 Å². The number of carbonyl (C=O) groups excluding carboxylic acids is 1. The zero-order valence-corrected chi connectivity index (χ0v) is 10.4. The van der Waals surface area contributed by atoms with Crippen LogP contribution in [0, 0.1) is 5.82 Å². The van der Waals surface area contributed by atoms with Crippen LogP contribution in [-0.2, 0) is 15.0 Å². The summed E-state index contributed by atoms with van der Waals surface area (Å²) in [5.41, 5.74) is 2.60. The molecule has 0 unspecified atom stereocenters. The van der Waals surface area contributed by atoms with E-state index in [1.54, 1.807) is 0 Å². The van der Waals surface area contributed by atoms with E-state index in [9.17, 15) is 17.6 Å². The fourth-order valence-corrected chi connectivity index (χ4v) is 3.18. The van der Waals surface area contributed by atoms with Crippen molar-refractivity contribution in [2.75, 3.05) is 17.4 Å². The highest BCUT2D eigenvalue weighted by atomic mass is 32.2. The average molecular weight is 273 g/mol. The molecule has 1 aromatic rings. The summed E-state index contributed by atoms with van der Waals surface area (Å²) in [6.07, 6.45) is 0. The van der Waals surface area contributed by atoms with Gasteiger partial charge in [0, 0.05) is 6.92 Å². The maximum absolute atomic E-state index is 12.8. The number of nitrogens with one attached hydrogen (secondary N) is 1. The first-order valence-corrected chi connectivity index (χ1v) is 6.64. The molecule has 0 bridgehead atoms. The molecule has 1 aromatic carbocycles. The van der Waals surface area contributed by atoms with Crippen LogP contribution in [0.15, 0.2) is 24.3 Å². The number of carbonyl (C=O) groups is 1. The second-order valence-electron chi connectivity index (χ2n) is 3.80. The van der Waals surface area contributed by atoms with Gasteiger partial charge in [-0.1, -0.05) is 4.41 Å². The lowest BCUT2D eigenvalue weighted by Gasteiger charge is -2.19. The molecule has 0 aromatic heterocycles. The third-order valence-electron chi connectivity index (χ3n) is 2.46. The Morgan fingerprint density at radius 3 is 2.44 bits per heavy atom. The van der Waals surface area contributed by atoms with Gasteiger partial charge < -0.3 is 0 Å². The van der Waals surface area contributed by atoms with Crippen molar-refractivity contribution in [3.05, 3.63) is 30.1 Å². The maximum Gasteiger partial charge on any atom is 0.321 e. The maximum atomic E-state index is 12.8. The first-order chi connectivity index (χ1) is 8.41. The van der Waals surface area contributed by atoms with E-state index in [1.807, 2.05) is 0 Å². The summed E-state index contributed by atoms with van der Waals surface area (Å²) in [7, 11) is -3.78. The molecule has 1 fully saturated rings. The van der Waals surface area contributed by atoms with Crippen molar-refractivity contribution < 1.29 is 17.6 Å². The zero-order valence-electron chi connectivity index (χ0n) is 9.63. The minimum atomic E-state index is -3.78. The number of hydrogen-bond donors (Lipinski definition) is 1. The third kappa shape index (κ3) is 2.29. The van der Waals surface area contributed by atoms with Gasteiger partial charge in [-0.3, -0.25) is 14.5 Å². The van der Waals surface area contributed by atoms with E-state index in [0.717, 1.165) is 8.72 Å². The summed E-state index contributed by atoms with van der Waals surface area (Å²) >= 11 is 0. The number of benzene rings is 1. The lowest BCUT2D eigenvalue weighted by atomic mass is 10.3. The number of rotatable bonds is 2. The van der Waals surface area contributed by atoms with Gasteiger partial charge in [0.15, 0.2) is 0 Å². The van der Waals surface area contributed by atoms with Crippen LogP contribution < -0.4 is 9.73 Å². The largest absolute Gasteiger partial charge is 0.321 e. The zero-order chi connectivity index (χ0) is 13.3. The van der Waals surface area contributed by atoms with Crippen LogP contribution in [0.1, 0.15) is 6.92 Å². The van der Waals surface area contributed by atoms with E-state index in [-0.39, 0.29) is 13.1 Å². The fourth-order valence-electron chi connectivity index (χ4n) is 1.69. The van der Waals surface area contributed by atoms with Crippen LogP contribution in [0.3, 0.4) is 0 Å². The van der Waals surface area contributed by atoms with Gasteiger partial charge in [0.1, 0.15) is 5.82 Å². The molecule has 1 amide bonds. The SMILES string of the molecule is CC(=O)NN1CCN(c2ccc(F)cc2)S1(=O)=O. The molecule has 8 heteroatoms. The highest BCUT2D eigenvalue weighted by Crippen LogP contribution is 2.23. The molecule has 18 heavy (non-hydrogen) atoms. The molecule has 2 rings (SSSR count). The Morgan fingerprint density at radius 1 is 1.28 bits per heavy atom. The van der Waals surface area contributed by atoms with Gasteiger partial charge in [-0.15, -0.1) is 0 Å². The fraction of sp³-hybridized carbons (Fsp3) is 0.300. The lowest BCUT2D eigenvalue weighted by Crippen LogP contribution is -2.44. The Labute approximate surface area is 104 Å². The van der Waals surface area contributed by atoms with Gasteiger partial charge in [-0.2, -0.15) is 8.42 Å². The number of hydrazine groups is 1. The van der Waals surface area contributed by atoms with E-state index in [2.05, 4.69) is 5.43 Å². The predicted octanol–water partition coefficient (Wildman–Crippen LogP) is 0.244. The van der Waals surface area contributed by atoms with Crippen molar-refractivity contribution >= 4 is 21.8 Å². The molecular weight excluding hydrogens is 261 g/mol. The van der Waals surface area contributed by atoms with E-state index >= 15 is 0 Å². The Hall–Kier alpha value is -1.67. The van der Waals surface area contributed by atoms with Gasteiger partial charge in [0.2, 0.25) is 5.91 Å². The van der Waals surface area contributed by atoms with Crippen LogP contribution in [0.4, 0.5) is 10.1 Å². The predicted molar refractivity (Wildman–Crippen MR) is 63.2 cm³/mol. The minimum absolute atomic E-state index is 0.152. The number of hydrogen-bond acceptors (Lipinski definition) is 3. The van der Waals surface area contributed by atoms with Crippen LogP contribution >= 0.6 is 0 Å². The molecule has 0 spiro atoms. The molecule has 1 saturated heterocycles. The Bertz CT molecular complexity index is 558. The van der Waals surface area contributed by atoms with Crippen LogP contribution in [0.2, 0.25) is 0 Å². The molecule has 1 N–H and O–H groups in total. The first-order valence-electron chi connectivity index (χ1n) is 5.24. The summed E-state index contributed by atoms with van der Waals surface area (Å²) in [6, 6.07) is 5.13. The molecule has 0 radical (unpaired) electrons. The summed E-state index contributed by atoms with van der Waals surface area (Å²) < 4.78 is 38.9. The molecule has 1 aliphatic rings. The van der Waals surface area contributed by atoms with Gasteiger partial charge in [-0.05, 0) is 24.3 Å². The standard InChI is InChI=1S/C10H12FN3O3S/c1-8(15)12-14-7-6-13(18(14,16)17)10-4-2-9(11)3-5-10/h2-5H,6-7H2,1H3,(H,12,15). The average Bonchev–Trinajstić information content (AvgIpc) is 2.56. The lowest BCUT2D eigenvalue weighted by molar-refractivity contribution is -0.121. The summed E-state index contributed by atoms with van der Waals surface area (Å²) in [5.74, 6) is -0.895. The molecule has 98 valence electrons. The number of halogens is 1. The van der Waals surface area contributed by atoms with Crippen molar-refractivity contribution in [3.8, 4) is 0 Å². The summed E-state index contributed by atoms with van der Waals surface area (Å²) in [4.78, 5) is 10.9. The van der Waals surface area contributed by atoms with Gasteiger partial charge in [0.25, 0.3) is 0 Å². The molecule has 0 atom stereocenters. The first kappa shape index (κ1) is 12.8. The van der Waals surface area contributed by atoms with Crippen molar-refractivity contribution in [2.24, 2.45) is 0 Å². The Morgan fingerprint density at radius 2 is 1.89 bits per heavy atom. The molecule has 0 saturated carbocycles. The summed E-state index contributed by atoms with van der Waals surface area (Å²) in [6.45, 7) is 1.59. The molecular formula is C10H12FN3O3S. The smallest absolute Gasteiger partial charge is 0.274 e. The van der Waals surface area contributed by atoms with Crippen LogP contribution in [0.25, 0.3) is 0 Å². The van der Waals surface area contributed by atoms with Crippen molar-refractivity contribution in [2.45, 2.75) is 6.92 Å². The Balaban J connectivity index is 2.27. The highest BCUT2D eigenvalue weighted by molar-refractivity contribution is 7.90.